The topological polar surface area (TPSA) is 100 Å². The molecule has 8 nitrogen and oxygen atoms in total. The second-order valence-corrected chi connectivity index (χ2v) is 9.51. The summed E-state index contributed by atoms with van der Waals surface area (Å²) >= 11 is 0. The van der Waals surface area contributed by atoms with Gasteiger partial charge in [-0.1, -0.05) is 26.0 Å². The SMILES string of the molecule is CCCOc1ccc([C@@H]2C(C(=O)OCCOC(C)C)=C(C)NC3=C2C(=O)[C@H](C(=O)OC)[C@H](C)C3)cc1. The minimum atomic E-state index is -0.930. The molecule has 1 aliphatic heterocycles. The third kappa shape index (κ3) is 5.98. The molecule has 3 atom stereocenters. The van der Waals surface area contributed by atoms with Crippen LogP contribution < -0.4 is 10.1 Å². The molecule has 8 heteroatoms. The van der Waals surface area contributed by atoms with Crippen LogP contribution in [0.1, 0.15) is 58.9 Å². The Bertz CT molecular complexity index is 1040. The van der Waals surface area contributed by atoms with Crippen LogP contribution in [0.2, 0.25) is 0 Å². The lowest BCUT2D eigenvalue weighted by atomic mass is 9.69. The lowest BCUT2D eigenvalue weighted by Crippen LogP contribution is -2.43. The summed E-state index contributed by atoms with van der Waals surface area (Å²) < 4.78 is 21.7. The molecule has 0 saturated heterocycles. The van der Waals surface area contributed by atoms with Gasteiger partial charge in [0.1, 0.15) is 18.3 Å². The third-order valence-electron chi connectivity index (χ3n) is 6.42. The predicted octanol–water partition coefficient (Wildman–Crippen LogP) is 4.06. The highest BCUT2D eigenvalue weighted by molar-refractivity contribution is 6.12. The van der Waals surface area contributed by atoms with E-state index >= 15 is 0 Å². The van der Waals surface area contributed by atoms with Gasteiger partial charge in [-0.15, -0.1) is 0 Å². The summed E-state index contributed by atoms with van der Waals surface area (Å²) in [5.74, 6) is -2.59. The van der Waals surface area contributed by atoms with E-state index in [1.807, 2.05) is 52.0 Å². The van der Waals surface area contributed by atoms with E-state index in [-0.39, 0.29) is 31.0 Å². The number of rotatable bonds is 10. The van der Waals surface area contributed by atoms with Gasteiger partial charge in [0.25, 0.3) is 0 Å². The monoisotopic (exact) mass is 499 g/mol. The second kappa shape index (κ2) is 12.2. The van der Waals surface area contributed by atoms with Crippen molar-refractivity contribution in [1.82, 2.24) is 5.32 Å². The van der Waals surface area contributed by atoms with Crippen LogP contribution in [0.5, 0.6) is 5.75 Å². The number of Topliss-reactive ketones (excluding diaryl/α,β-unsaturated/α-hetero) is 1. The van der Waals surface area contributed by atoms with E-state index in [2.05, 4.69) is 5.32 Å². The molecule has 0 amide bonds. The minimum Gasteiger partial charge on any atom is -0.494 e. The summed E-state index contributed by atoms with van der Waals surface area (Å²) in [6.45, 7) is 10.5. The molecule has 0 spiro atoms. The van der Waals surface area contributed by atoms with Crippen molar-refractivity contribution in [2.24, 2.45) is 11.8 Å². The lowest BCUT2D eigenvalue weighted by molar-refractivity contribution is -0.151. The highest BCUT2D eigenvalue weighted by atomic mass is 16.6. The minimum absolute atomic E-state index is 0.0204. The van der Waals surface area contributed by atoms with E-state index in [1.54, 1.807) is 6.92 Å². The first-order chi connectivity index (χ1) is 17.2. The average molecular weight is 500 g/mol. The number of ketones is 1. The molecule has 0 unspecified atom stereocenters. The Hall–Kier alpha value is -3.13. The predicted molar refractivity (Wildman–Crippen MR) is 134 cm³/mol. The van der Waals surface area contributed by atoms with Crippen LogP contribution in [0, 0.1) is 11.8 Å². The first kappa shape index (κ1) is 27.5. The Morgan fingerprint density at radius 2 is 1.81 bits per heavy atom. The largest absolute Gasteiger partial charge is 0.494 e. The van der Waals surface area contributed by atoms with Gasteiger partial charge in [-0.25, -0.2) is 4.79 Å². The molecular formula is C28H37NO7. The van der Waals surface area contributed by atoms with E-state index < -0.39 is 23.8 Å². The van der Waals surface area contributed by atoms with Gasteiger partial charge in [-0.2, -0.15) is 0 Å². The first-order valence-corrected chi connectivity index (χ1v) is 12.5. The summed E-state index contributed by atoms with van der Waals surface area (Å²) in [7, 11) is 1.28. The standard InChI is InChI=1S/C28H37NO7/c1-7-12-35-20-10-8-19(9-11-20)24-23(28(32)36-14-13-34-16(2)3)18(5)29-21-15-17(4)22(27(31)33-6)26(30)25(21)24/h8-11,16-17,22,24,29H,7,12-15H2,1-6H3/t17-,22-,24-/m1/s1. The average Bonchev–Trinajstić information content (AvgIpc) is 2.84. The molecule has 0 radical (unpaired) electrons. The first-order valence-electron chi connectivity index (χ1n) is 12.5. The van der Waals surface area contributed by atoms with Gasteiger partial charge in [0.15, 0.2) is 5.78 Å². The number of carbonyl (C=O) groups excluding carboxylic acids is 3. The number of dihydropyridines is 1. The van der Waals surface area contributed by atoms with E-state index in [0.29, 0.717) is 35.6 Å². The van der Waals surface area contributed by atoms with Crippen LogP contribution in [0.4, 0.5) is 0 Å². The van der Waals surface area contributed by atoms with Crippen molar-refractivity contribution in [3.8, 4) is 5.75 Å². The van der Waals surface area contributed by atoms with Crippen LogP contribution in [-0.2, 0) is 28.6 Å². The van der Waals surface area contributed by atoms with E-state index in [0.717, 1.165) is 17.7 Å². The summed E-state index contributed by atoms with van der Waals surface area (Å²) in [6, 6.07) is 7.37. The maximum absolute atomic E-state index is 13.8. The maximum atomic E-state index is 13.8. The van der Waals surface area contributed by atoms with Crippen molar-refractivity contribution in [3.63, 3.8) is 0 Å². The van der Waals surface area contributed by atoms with E-state index in [9.17, 15) is 14.4 Å². The number of ether oxygens (including phenoxy) is 4. The van der Waals surface area contributed by atoms with Gasteiger partial charge in [0.05, 0.1) is 32.0 Å². The van der Waals surface area contributed by atoms with Gasteiger partial charge < -0.3 is 24.3 Å². The summed E-state index contributed by atoms with van der Waals surface area (Å²) in [6.07, 6.45) is 1.38. The number of esters is 2. The molecule has 0 bridgehead atoms. The molecule has 2 aliphatic rings. The van der Waals surface area contributed by atoms with Crippen molar-refractivity contribution < 1.29 is 33.3 Å². The maximum Gasteiger partial charge on any atom is 0.336 e. The fourth-order valence-electron chi connectivity index (χ4n) is 4.76. The zero-order chi connectivity index (χ0) is 26.4. The summed E-state index contributed by atoms with van der Waals surface area (Å²) in [5, 5.41) is 3.26. The number of benzene rings is 1. The molecular weight excluding hydrogens is 462 g/mol. The second-order valence-electron chi connectivity index (χ2n) is 9.51. The van der Waals surface area contributed by atoms with Crippen LogP contribution in [-0.4, -0.2) is 50.8 Å². The normalized spacial score (nSPS) is 21.8. The van der Waals surface area contributed by atoms with Gasteiger partial charge in [0.2, 0.25) is 0 Å². The Morgan fingerprint density at radius 3 is 2.42 bits per heavy atom. The molecule has 0 fully saturated rings. The number of allylic oxidation sites excluding steroid dienone is 3. The highest BCUT2D eigenvalue weighted by Gasteiger charge is 2.47. The van der Waals surface area contributed by atoms with Crippen molar-refractivity contribution in [2.75, 3.05) is 26.9 Å². The fraction of sp³-hybridized carbons (Fsp3) is 0.536. The Morgan fingerprint density at radius 1 is 1.11 bits per heavy atom. The molecule has 1 N–H and O–H groups in total. The summed E-state index contributed by atoms with van der Waals surface area (Å²) in [4.78, 5) is 39.6. The molecule has 1 heterocycles. The number of hydrogen-bond donors (Lipinski definition) is 1. The quantitative estimate of drug-likeness (QED) is 0.292. The molecule has 36 heavy (non-hydrogen) atoms. The van der Waals surface area contributed by atoms with Crippen LogP contribution in [0.25, 0.3) is 0 Å². The smallest absolute Gasteiger partial charge is 0.336 e. The lowest BCUT2D eigenvalue weighted by Gasteiger charge is -2.38. The number of hydrogen-bond acceptors (Lipinski definition) is 8. The van der Waals surface area contributed by atoms with Gasteiger partial charge >= 0.3 is 11.9 Å². The van der Waals surface area contributed by atoms with E-state index in [4.69, 9.17) is 18.9 Å². The van der Waals surface area contributed by atoms with Crippen molar-refractivity contribution >= 4 is 17.7 Å². The Labute approximate surface area is 213 Å². The number of methoxy groups -OCH3 is 1. The zero-order valence-corrected chi connectivity index (χ0v) is 22.0. The zero-order valence-electron chi connectivity index (χ0n) is 22.0. The molecule has 0 saturated carbocycles. The number of carbonyl (C=O) groups is 3. The fourth-order valence-corrected chi connectivity index (χ4v) is 4.76. The molecule has 0 aromatic heterocycles. The van der Waals surface area contributed by atoms with Gasteiger partial charge in [0, 0.05) is 22.9 Å². The Balaban J connectivity index is 2.01. The third-order valence-corrected chi connectivity index (χ3v) is 6.42. The molecule has 3 rings (SSSR count). The highest BCUT2D eigenvalue weighted by Crippen LogP contribution is 2.45. The van der Waals surface area contributed by atoms with Crippen LogP contribution >= 0.6 is 0 Å². The molecule has 1 aromatic rings. The van der Waals surface area contributed by atoms with Crippen LogP contribution in [0.3, 0.4) is 0 Å². The molecule has 196 valence electrons. The van der Waals surface area contributed by atoms with Crippen molar-refractivity contribution in [1.29, 1.82) is 0 Å². The van der Waals surface area contributed by atoms with Crippen molar-refractivity contribution in [2.45, 2.75) is 59.5 Å². The van der Waals surface area contributed by atoms with Gasteiger partial charge in [-0.3, -0.25) is 9.59 Å². The van der Waals surface area contributed by atoms with E-state index in [1.165, 1.54) is 7.11 Å². The van der Waals surface area contributed by atoms with Crippen molar-refractivity contribution in [3.05, 3.63) is 52.4 Å². The molecule has 1 aromatic carbocycles. The van der Waals surface area contributed by atoms with Gasteiger partial charge in [-0.05, 0) is 57.2 Å². The molecule has 1 aliphatic carbocycles. The van der Waals surface area contributed by atoms with Crippen LogP contribution in [0.15, 0.2) is 46.8 Å². The summed E-state index contributed by atoms with van der Waals surface area (Å²) in [5.41, 5.74) is 2.83. The number of nitrogens with one attached hydrogen (secondary N) is 1. The Kier molecular flexibility index (Phi) is 9.31.